The highest BCUT2D eigenvalue weighted by molar-refractivity contribution is 5.81. The van der Waals surface area contributed by atoms with Crippen LogP contribution in [0.4, 0.5) is 0 Å². The van der Waals surface area contributed by atoms with Crippen molar-refractivity contribution in [2.24, 2.45) is 23.6 Å². The van der Waals surface area contributed by atoms with Crippen LogP contribution in [0.1, 0.15) is 12.8 Å². The highest BCUT2D eigenvalue weighted by Gasteiger charge is 2.60. The van der Waals surface area contributed by atoms with Crippen molar-refractivity contribution >= 4 is 5.91 Å². The predicted octanol–water partition coefficient (Wildman–Crippen LogP) is -1.31. The number of ether oxygens (including phenoxy) is 1. The molecule has 2 saturated carbocycles. The second kappa shape index (κ2) is 4.45. The van der Waals surface area contributed by atoms with Crippen molar-refractivity contribution in [3.05, 3.63) is 0 Å². The summed E-state index contributed by atoms with van der Waals surface area (Å²) in [6, 6.07) is -0.268. The van der Waals surface area contributed by atoms with E-state index in [2.05, 4.69) is 10.3 Å². The Kier molecular flexibility index (Phi) is 3.05. The second-order valence-electron chi connectivity index (χ2n) is 5.81. The van der Waals surface area contributed by atoms with Gasteiger partial charge in [-0.15, -0.1) is 0 Å². The zero-order chi connectivity index (χ0) is 12.9. The summed E-state index contributed by atoms with van der Waals surface area (Å²) >= 11 is 0. The Morgan fingerprint density at radius 2 is 2.33 bits per heavy atom. The molecule has 1 aliphatic heterocycles. The first-order valence-electron chi connectivity index (χ1n) is 6.60. The zero-order valence-corrected chi connectivity index (χ0v) is 10.6. The first kappa shape index (κ1) is 12.3. The van der Waals surface area contributed by atoms with Crippen LogP contribution >= 0.6 is 0 Å². The lowest BCUT2D eigenvalue weighted by Crippen LogP contribution is -2.55. The van der Waals surface area contributed by atoms with Crippen LogP contribution in [0.3, 0.4) is 0 Å². The molecule has 3 fully saturated rings. The molecular weight excluding hydrogens is 234 g/mol. The van der Waals surface area contributed by atoms with Crippen LogP contribution in [0, 0.1) is 17.8 Å². The summed E-state index contributed by atoms with van der Waals surface area (Å²) in [5.41, 5.74) is 2.21. The van der Waals surface area contributed by atoms with Gasteiger partial charge >= 0.3 is 0 Å². The summed E-state index contributed by atoms with van der Waals surface area (Å²) in [7, 11) is 1.58. The number of nitrogens with two attached hydrogens (primary N) is 1. The topological polar surface area (TPSA) is 87.8 Å². The number of methoxy groups -OCH3 is 1. The van der Waals surface area contributed by atoms with Crippen LogP contribution in [0.5, 0.6) is 0 Å². The van der Waals surface area contributed by atoms with Gasteiger partial charge in [0.05, 0.1) is 12.7 Å². The van der Waals surface area contributed by atoms with Crippen molar-refractivity contribution in [3.63, 3.8) is 0 Å². The molecule has 4 N–H and O–H groups in total. The number of nitrogens with one attached hydrogen (secondary N) is 1. The molecule has 18 heavy (non-hydrogen) atoms. The molecule has 2 bridgehead atoms. The molecule has 0 aromatic heterocycles. The number of hydrogen-bond donors (Lipinski definition) is 3. The van der Waals surface area contributed by atoms with E-state index in [0.717, 1.165) is 19.4 Å². The van der Waals surface area contributed by atoms with Crippen LogP contribution in [0.2, 0.25) is 0 Å². The van der Waals surface area contributed by atoms with Crippen molar-refractivity contribution in [2.75, 3.05) is 20.3 Å². The minimum Gasteiger partial charge on any atom is -0.391 e. The van der Waals surface area contributed by atoms with Gasteiger partial charge in [0.1, 0.15) is 6.04 Å². The summed E-state index contributed by atoms with van der Waals surface area (Å²) in [6.07, 6.45) is 1.92. The number of fused-ring (bicyclic) bond motifs is 1. The van der Waals surface area contributed by atoms with Crippen molar-refractivity contribution in [2.45, 2.75) is 31.0 Å². The Labute approximate surface area is 106 Å². The number of carbonyl (C=O) groups excluding carboxylic acids is 1. The number of aliphatic hydroxyl groups excluding tert-OH is 1. The highest BCUT2D eigenvalue weighted by atomic mass is 16.5. The van der Waals surface area contributed by atoms with Gasteiger partial charge in [-0.05, 0) is 30.6 Å². The van der Waals surface area contributed by atoms with Gasteiger partial charge in [-0.1, -0.05) is 0 Å². The van der Waals surface area contributed by atoms with Crippen molar-refractivity contribution in [3.8, 4) is 0 Å². The number of likely N-dealkylation sites (tertiary alicyclic amines) is 1. The van der Waals surface area contributed by atoms with E-state index in [1.165, 1.54) is 0 Å². The number of amides is 1. The molecule has 0 aromatic rings. The molecule has 3 rings (SSSR count). The van der Waals surface area contributed by atoms with Gasteiger partial charge in [-0.2, -0.15) is 0 Å². The summed E-state index contributed by atoms with van der Waals surface area (Å²) in [4.78, 5) is 14.0. The standard InChI is InChI=1S/C12H21N3O3/c1-18-5-9(12(17)14-13)15-4-7-2-6-3-8(7)10(15)11(6)16/h6-11,16H,2-5,13H2,1H3,(H,14,17). The number of nitrogens with zero attached hydrogens (tertiary/aromatic N) is 1. The Hall–Kier alpha value is -0.690. The highest BCUT2D eigenvalue weighted by Crippen LogP contribution is 2.55. The lowest BCUT2D eigenvalue weighted by atomic mass is 9.88. The van der Waals surface area contributed by atoms with Crippen molar-refractivity contribution in [1.29, 1.82) is 0 Å². The fourth-order valence-electron chi connectivity index (χ4n) is 4.39. The number of aliphatic hydroxyl groups is 1. The van der Waals surface area contributed by atoms with Crippen LogP contribution in [-0.4, -0.2) is 54.4 Å². The Morgan fingerprint density at radius 3 is 2.94 bits per heavy atom. The third-order valence-corrected chi connectivity index (χ3v) is 5.06. The quantitative estimate of drug-likeness (QED) is 0.330. The molecule has 1 heterocycles. The lowest BCUT2D eigenvalue weighted by molar-refractivity contribution is -0.129. The van der Waals surface area contributed by atoms with Crippen molar-refractivity contribution < 1.29 is 14.6 Å². The van der Waals surface area contributed by atoms with Gasteiger partial charge in [-0.3, -0.25) is 15.1 Å². The average Bonchev–Trinajstić information content (AvgIpc) is 2.96. The number of hydrazine groups is 1. The molecule has 2 aliphatic carbocycles. The normalized spacial score (nSPS) is 43.4. The molecule has 6 atom stereocenters. The third-order valence-electron chi connectivity index (χ3n) is 5.06. The maximum Gasteiger partial charge on any atom is 0.253 e. The summed E-state index contributed by atoms with van der Waals surface area (Å²) < 4.78 is 5.13. The lowest BCUT2D eigenvalue weighted by Gasteiger charge is -2.33. The Bertz CT molecular complexity index is 349. The minimum absolute atomic E-state index is 0.117. The van der Waals surface area contributed by atoms with Gasteiger partial charge in [-0.25, -0.2) is 5.84 Å². The first-order chi connectivity index (χ1) is 8.67. The average molecular weight is 255 g/mol. The van der Waals surface area contributed by atoms with Crippen LogP contribution in [-0.2, 0) is 9.53 Å². The molecule has 0 radical (unpaired) electrons. The number of rotatable bonds is 4. The fraction of sp³-hybridized carbons (Fsp3) is 0.917. The van der Waals surface area contributed by atoms with E-state index >= 15 is 0 Å². The summed E-state index contributed by atoms with van der Waals surface area (Å²) in [5.74, 6) is 6.63. The molecule has 6 nitrogen and oxygen atoms in total. The maximum absolute atomic E-state index is 11.9. The van der Waals surface area contributed by atoms with E-state index in [1.807, 2.05) is 0 Å². The SMILES string of the molecule is COCC(C(=O)NN)N1CC2CC3CC2C1C3O. The molecule has 0 spiro atoms. The molecule has 1 saturated heterocycles. The van der Waals surface area contributed by atoms with E-state index in [4.69, 9.17) is 10.6 Å². The largest absolute Gasteiger partial charge is 0.391 e. The molecule has 6 heteroatoms. The van der Waals surface area contributed by atoms with Gasteiger partial charge in [0, 0.05) is 19.7 Å². The van der Waals surface area contributed by atoms with Crippen LogP contribution in [0.15, 0.2) is 0 Å². The monoisotopic (exact) mass is 255 g/mol. The molecule has 102 valence electrons. The van der Waals surface area contributed by atoms with Gasteiger partial charge in [0.2, 0.25) is 0 Å². The van der Waals surface area contributed by atoms with Gasteiger partial charge < -0.3 is 9.84 Å². The second-order valence-corrected chi connectivity index (χ2v) is 5.81. The van der Waals surface area contributed by atoms with E-state index in [1.54, 1.807) is 7.11 Å². The molecular formula is C12H21N3O3. The predicted molar refractivity (Wildman–Crippen MR) is 64.2 cm³/mol. The van der Waals surface area contributed by atoms with Crippen LogP contribution in [0.25, 0.3) is 0 Å². The first-order valence-corrected chi connectivity index (χ1v) is 6.60. The maximum atomic E-state index is 11.9. The number of hydrogen-bond acceptors (Lipinski definition) is 5. The van der Waals surface area contributed by atoms with E-state index < -0.39 is 0 Å². The number of carbonyl (C=O) groups is 1. The molecule has 0 aromatic carbocycles. The minimum atomic E-state index is -0.385. The Balaban J connectivity index is 1.81. The summed E-state index contributed by atoms with van der Waals surface area (Å²) in [5, 5.41) is 10.3. The van der Waals surface area contributed by atoms with Crippen LogP contribution < -0.4 is 11.3 Å². The summed E-state index contributed by atoms with van der Waals surface area (Å²) in [6.45, 7) is 1.20. The Morgan fingerprint density at radius 1 is 1.56 bits per heavy atom. The van der Waals surface area contributed by atoms with E-state index in [9.17, 15) is 9.90 Å². The smallest absolute Gasteiger partial charge is 0.253 e. The van der Waals surface area contributed by atoms with E-state index in [-0.39, 0.29) is 24.1 Å². The van der Waals surface area contributed by atoms with Crippen molar-refractivity contribution in [1.82, 2.24) is 10.3 Å². The zero-order valence-electron chi connectivity index (χ0n) is 10.6. The molecule has 3 aliphatic rings. The molecule has 1 amide bonds. The van der Waals surface area contributed by atoms with E-state index in [0.29, 0.717) is 24.4 Å². The van der Waals surface area contributed by atoms with Gasteiger partial charge in [0.15, 0.2) is 0 Å². The fourth-order valence-corrected chi connectivity index (χ4v) is 4.39. The third kappa shape index (κ3) is 1.60. The van der Waals surface area contributed by atoms with Gasteiger partial charge in [0.25, 0.3) is 5.91 Å². The molecule has 6 unspecified atom stereocenters.